The summed E-state index contributed by atoms with van der Waals surface area (Å²) in [6.07, 6.45) is 2.27. The van der Waals surface area contributed by atoms with Gasteiger partial charge in [-0.1, -0.05) is 36.4 Å². The molecule has 2 N–H and O–H groups in total. The fourth-order valence-electron chi connectivity index (χ4n) is 2.81. The van der Waals surface area contributed by atoms with Crippen molar-refractivity contribution in [2.24, 2.45) is 0 Å². The quantitative estimate of drug-likeness (QED) is 0.470. The SMILES string of the molecule is C=CCNS(=O)(=O)c1ccc(NC(=O)c2ccc(OCCc3ccccc3)cc2)cc1. The Hall–Kier alpha value is -3.42. The van der Waals surface area contributed by atoms with Gasteiger partial charge in [0, 0.05) is 24.2 Å². The monoisotopic (exact) mass is 436 g/mol. The van der Waals surface area contributed by atoms with E-state index in [1.807, 2.05) is 18.2 Å². The third-order valence-electron chi connectivity index (χ3n) is 4.46. The molecule has 0 unspecified atom stereocenters. The largest absolute Gasteiger partial charge is 0.493 e. The van der Waals surface area contributed by atoms with E-state index < -0.39 is 10.0 Å². The van der Waals surface area contributed by atoms with Crippen LogP contribution in [0.25, 0.3) is 0 Å². The number of ether oxygens (including phenoxy) is 1. The van der Waals surface area contributed by atoms with E-state index in [-0.39, 0.29) is 17.3 Å². The van der Waals surface area contributed by atoms with Crippen LogP contribution in [0.4, 0.5) is 5.69 Å². The van der Waals surface area contributed by atoms with E-state index >= 15 is 0 Å². The summed E-state index contributed by atoms with van der Waals surface area (Å²) >= 11 is 0. The van der Waals surface area contributed by atoms with Crippen molar-refractivity contribution in [1.82, 2.24) is 4.72 Å². The lowest BCUT2D eigenvalue weighted by Gasteiger charge is -2.09. The van der Waals surface area contributed by atoms with Gasteiger partial charge in [0.05, 0.1) is 11.5 Å². The van der Waals surface area contributed by atoms with Gasteiger partial charge in [-0.3, -0.25) is 4.79 Å². The number of benzene rings is 3. The summed E-state index contributed by atoms with van der Waals surface area (Å²) in [6.45, 7) is 4.18. The average Bonchev–Trinajstić information content (AvgIpc) is 2.79. The van der Waals surface area contributed by atoms with Crippen LogP contribution in [0.5, 0.6) is 5.75 Å². The third kappa shape index (κ3) is 6.53. The van der Waals surface area contributed by atoms with Crippen LogP contribution in [0.3, 0.4) is 0 Å². The molecule has 0 saturated carbocycles. The van der Waals surface area contributed by atoms with Gasteiger partial charge in [-0.05, 0) is 54.1 Å². The molecule has 160 valence electrons. The van der Waals surface area contributed by atoms with Crippen LogP contribution in [0.15, 0.2) is 96.4 Å². The van der Waals surface area contributed by atoms with Gasteiger partial charge in [-0.15, -0.1) is 6.58 Å². The highest BCUT2D eigenvalue weighted by atomic mass is 32.2. The average molecular weight is 437 g/mol. The Morgan fingerprint density at radius 1 is 0.935 bits per heavy atom. The smallest absolute Gasteiger partial charge is 0.255 e. The fraction of sp³-hybridized carbons (Fsp3) is 0.125. The van der Waals surface area contributed by atoms with Gasteiger partial charge in [-0.2, -0.15) is 0 Å². The van der Waals surface area contributed by atoms with E-state index in [4.69, 9.17) is 4.74 Å². The molecule has 6 nitrogen and oxygen atoms in total. The molecule has 7 heteroatoms. The second-order valence-electron chi connectivity index (χ2n) is 6.73. The molecule has 0 aromatic heterocycles. The predicted molar refractivity (Wildman–Crippen MR) is 122 cm³/mol. The zero-order chi connectivity index (χ0) is 22.1. The van der Waals surface area contributed by atoms with Gasteiger partial charge in [0.25, 0.3) is 5.91 Å². The number of carbonyl (C=O) groups is 1. The molecule has 3 aromatic carbocycles. The Morgan fingerprint density at radius 3 is 2.26 bits per heavy atom. The maximum absolute atomic E-state index is 12.5. The third-order valence-corrected chi connectivity index (χ3v) is 5.90. The van der Waals surface area contributed by atoms with Gasteiger partial charge in [0.2, 0.25) is 10.0 Å². The first-order valence-corrected chi connectivity index (χ1v) is 11.2. The highest BCUT2D eigenvalue weighted by Gasteiger charge is 2.13. The van der Waals surface area contributed by atoms with E-state index in [0.717, 1.165) is 6.42 Å². The van der Waals surface area contributed by atoms with E-state index in [2.05, 4.69) is 28.8 Å². The van der Waals surface area contributed by atoms with Crippen molar-refractivity contribution in [1.29, 1.82) is 0 Å². The number of amides is 1. The lowest BCUT2D eigenvalue weighted by molar-refractivity contribution is 0.102. The molecule has 31 heavy (non-hydrogen) atoms. The first-order valence-electron chi connectivity index (χ1n) is 9.77. The Morgan fingerprint density at radius 2 is 1.61 bits per heavy atom. The summed E-state index contributed by atoms with van der Waals surface area (Å²) in [7, 11) is -3.60. The van der Waals surface area contributed by atoms with Crippen molar-refractivity contribution in [2.45, 2.75) is 11.3 Å². The van der Waals surface area contributed by atoms with Crippen molar-refractivity contribution in [2.75, 3.05) is 18.5 Å². The first-order chi connectivity index (χ1) is 15.0. The molecule has 0 bridgehead atoms. The van der Waals surface area contributed by atoms with E-state index in [0.29, 0.717) is 23.6 Å². The lowest BCUT2D eigenvalue weighted by atomic mass is 10.2. The van der Waals surface area contributed by atoms with Crippen LogP contribution in [0, 0.1) is 0 Å². The van der Waals surface area contributed by atoms with E-state index in [9.17, 15) is 13.2 Å². The number of nitrogens with one attached hydrogen (secondary N) is 2. The van der Waals surface area contributed by atoms with Crippen LogP contribution < -0.4 is 14.8 Å². The summed E-state index contributed by atoms with van der Waals surface area (Å²) in [4.78, 5) is 12.6. The van der Waals surface area contributed by atoms with Crippen LogP contribution in [0.1, 0.15) is 15.9 Å². The number of anilines is 1. The van der Waals surface area contributed by atoms with E-state index in [1.54, 1.807) is 36.4 Å². The van der Waals surface area contributed by atoms with Gasteiger partial charge in [0.1, 0.15) is 5.75 Å². The fourth-order valence-corrected chi connectivity index (χ4v) is 3.80. The standard InChI is InChI=1S/C24H24N2O4S/c1-2-17-25-31(28,29)23-14-10-21(11-15-23)26-24(27)20-8-12-22(13-9-20)30-18-16-19-6-4-3-5-7-19/h2-15,25H,1,16-18H2,(H,26,27). The number of carbonyl (C=O) groups excluding carboxylic acids is 1. The molecule has 0 aliphatic heterocycles. The Labute approximate surface area is 182 Å². The minimum Gasteiger partial charge on any atom is -0.493 e. The molecule has 0 saturated heterocycles. The highest BCUT2D eigenvalue weighted by molar-refractivity contribution is 7.89. The number of hydrogen-bond acceptors (Lipinski definition) is 4. The molecule has 0 radical (unpaired) electrons. The normalized spacial score (nSPS) is 11.0. The second-order valence-corrected chi connectivity index (χ2v) is 8.49. The highest BCUT2D eigenvalue weighted by Crippen LogP contribution is 2.17. The van der Waals surface area contributed by atoms with Gasteiger partial charge in [0.15, 0.2) is 0 Å². The second kappa shape index (κ2) is 10.6. The van der Waals surface area contributed by atoms with E-state index in [1.165, 1.54) is 23.8 Å². The molecule has 0 spiro atoms. The zero-order valence-electron chi connectivity index (χ0n) is 17.0. The topological polar surface area (TPSA) is 84.5 Å². The number of hydrogen-bond donors (Lipinski definition) is 2. The summed E-state index contributed by atoms with van der Waals surface area (Å²) in [5, 5.41) is 2.75. The van der Waals surface area contributed by atoms with Crippen LogP contribution in [-0.4, -0.2) is 27.5 Å². The zero-order valence-corrected chi connectivity index (χ0v) is 17.8. The van der Waals surface area contributed by atoms with Crippen molar-refractivity contribution < 1.29 is 17.9 Å². The van der Waals surface area contributed by atoms with Gasteiger partial charge in [-0.25, -0.2) is 13.1 Å². The number of rotatable bonds is 10. The molecule has 0 atom stereocenters. The summed E-state index contributed by atoms with van der Waals surface area (Å²) in [5.74, 6) is 0.394. The predicted octanol–water partition coefficient (Wildman–Crippen LogP) is 4.02. The van der Waals surface area contributed by atoms with Gasteiger partial charge >= 0.3 is 0 Å². The summed E-state index contributed by atoms with van der Waals surface area (Å²) in [5.41, 5.74) is 2.17. The van der Waals surface area contributed by atoms with Gasteiger partial charge < -0.3 is 10.1 Å². The van der Waals surface area contributed by atoms with Crippen LogP contribution in [-0.2, 0) is 16.4 Å². The molecule has 3 aromatic rings. The molecule has 0 fully saturated rings. The maximum atomic E-state index is 12.5. The number of sulfonamides is 1. The lowest BCUT2D eigenvalue weighted by Crippen LogP contribution is -2.23. The molecule has 0 aliphatic rings. The van der Waals surface area contributed by atoms with Crippen molar-refractivity contribution >= 4 is 21.6 Å². The summed E-state index contributed by atoms with van der Waals surface area (Å²) < 4.78 is 32.3. The molecule has 1 amide bonds. The Kier molecular flexibility index (Phi) is 7.59. The Balaban J connectivity index is 1.53. The Bertz CT molecular complexity index is 1110. The first kappa shape index (κ1) is 22.3. The van der Waals surface area contributed by atoms with Crippen LogP contribution >= 0.6 is 0 Å². The molecule has 3 rings (SSSR count). The minimum atomic E-state index is -3.60. The molecule has 0 aliphatic carbocycles. The maximum Gasteiger partial charge on any atom is 0.255 e. The van der Waals surface area contributed by atoms with Crippen molar-refractivity contribution in [3.8, 4) is 5.75 Å². The minimum absolute atomic E-state index is 0.115. The summed E-state index contributed by atoms with van der Waals surface area (Å²) in [6, 6.07) is 22.9. The van der Waals surface area contributed by atoms with Crippen molar-refractivity contribution in [3.63, 3.8) is 0 Å². The molecular weight excluding hydrogens is 412 g/mol. The van der Waals surface area contributed by atoms with Crippen molar-refractivity contribution in [3.05, 3.63) is 103 Å². The van der Waals surface area contributed by atoms with Crippen LogP contribution in [0.2, 0.25) is 0 Å². The molecular formula is C24H24N2O4S. The molecule has 0 heterocycles.